The number of anilines is 1. The molecule has 3 rings (SSSR count). The normalized spacial score (nSPS) is 11.5. The van der Waals surface area contributed by atoms with E-state index in [4.69, 9.17) is 4.74 Å². The van der Waals surface area contributed by atoms with Crippen LogP contribution in [0.4, 0.5) is 5.00 Å². The molecule has 0 aliphatic rings. The molecule has 0 bridgehead atoms. The summed E-state index contributed by atoms with van der Waals surface area (Å²) in [6.45, 7) is 3.86. The molecule has 0 atom stereocenters. The van der Waals surface area contributed by atoms with Crippen molar-refractivity contribution in [2.24, 2.45) is 0 Å². The molecule has 0 spiro atoms. The van der Waals surface area contributed by atoms with Crippen LogP contribution in [0.3, 0.4) is 0 Å². The van der Waals surface area contributed by atoms with Gasteiger partial charge in [-0.05, 0) is 42.0 Å². The molecular formula is C15H17NOS2. The van der Waals surface area contributed by atoms with Gasteiger partial charge < -0.3 is 9.64 Å². The van der Waals surface area contributed by atoms with Crippen molar-refractivity contribution in [2.45, 2.75) is 6.92 Å². The molecule has 0 N–H and O–H groups in total. The van der Waals surface area contributed by atoms with Crippen LogP contribution in [0.25, 0.3) is 20.2 Å². The minimum absolute atomic E-state index is 0.763. The molecule has 0 fully saturated rings. The summed E-state index contributed by atoms with van der Waals surface area (Å²) in [5.41, 5.74) is 0. The molecule has 2 nitrogen and oxygen atoms in total. The predicted molar refractivity (Wildman–Crippen MR) is 87.1 cm³/mol. The van der Waals surface area contributed by atoms with Crippen molar-refractivity contribution >= 4 is 47.8 Å². The molecule has 19 heavy (non-hydrogen) atoms. The Balaban J connectivity index is 2.00. The zero-order valence-electron chi connectivity index (χ0n) is 11.4. The average molecular weight is 291 g/mol. The minimum Gasteiger partial charge on any atom is -0.383 e. The zero-order valence-corrected chi connectivity index (χ0v) is 13.0. The molecule has 100 valence electrons. The van der Waals surface area contributed by atoms with Gasteiger partial charge in [0.2, 0.25) is 0 Å². The third kappa shape index (κ3) is 2.48. The molecule has 0 aliphatic heterocycles. The van der Waals surface area contributed by atoms with Crippen LogP contribution < -0.4 is 4.90 Å². The largest absolute Gasteiger partial charge is 0.383 e. The van der Waals surface area contributed by atoms with Gasteiger partial charge in [0.15, 0.2) is 0 Å². The number of nitrogens with zero attached hydrogens (tertiary/aromatic N) is 1. The summed E-state index contributed by atoms with van der Waals surface area (Å²) in [7, 11) is 3.87. The lowest BCUT2D eigenvalue weighted by Crippen LogP contribution is -2.20. The van der Waals surface area contributed by atoms with Crippen LogP contribution in [-0.4, -0.2) is 27.3 Å². The second-order valence-electron chi connectivity index (χ2n) is 4.78. The highest BCUT2D eigenvalue weighted by atomic mass is 32.1. The number of thiophene rings is 2. The SMILES string of the molecule is COCCN(C)c1cc2cc3sc(C)cc3cc2s1. The van der Waals surface area contributed by atoms with E-state index in [1.165, 1.54) is 30.1 Å². The van der Waals surface area contributed by atoms with E-state index in [0.717, 1.165) is 13.2 Å². The van der Waals surface area contributed by atoms with Crippen LogP contribution in [0.15, 0.2) is 24.3 Å². The van der Waals surface area contributed by atoms with Gasteiger partial charge >= 0.3 is 0 Å². The molecule has 1 aromatic carbocycles. The van der Waals surface area contributed by atoms with E-state index in [-0.39, 0.29) is 0 Å². The van der Waals surface area contributed by atoms with Crippen molar-refractivity contribution in [1.29, 1.82) is 0 Å². The fourth-order valence-corrected chi connectivity index (χ4v) is 4.25. The molecule has 0 unspecified atom stereocenters. The molecule has 0 radical (unpaired) electrons. The van der Waals surface area contributed by atoms with Gasteiger partial charge in [0.1, 0.15) is 0 Å². The van der Waals surface area contributed by atoms with E-state index in [9.17, 15) is 0 Å². The first-order chi connectivity index (χ1) is 9.17. The van der Waals surface area contributed by atoms with Gasteiger partial charge in [-0.15, -0.1) is 22.7 Å². The molecule has 0 saturated heterocycles. The van der Waals surface area contributed by atoms with E-state index in [1.54, 1.807) is 7.11 Å². The summed E-state index contributed by atoms with van der Waals surface area (Å²) in [5, 5.41) is 4.02. The van der Waals surface area contributed by atoms with Crippen molar-refractivity contribution in [3.8, 4) is 0 Å². The maximum atomic E-state index is 5.14. The summed E-state index contributed by atoms with van der Waals surface area (Å²) in [6, 6.07) is 9.18. The van der Waals surface area contributed by atoms with Gasteiger partial charge in [0, 0.05) is 35.0 Å². The van der Waals surface area contributed by atoms with Gasteiger partial charge in [0.05, 0.1) is 11.6 Å². The highest BCUT2D eigenvalue weighted by molar-refractivity contribution is 7.23. The summed E-state index contributed by atoms with van der Waals surface area (Å²) in [6.07, 6.45) is 0. The highest BCUT2D eigenvalue weighted by Gasteiger charge is 2.08. The van der Waals surface area contributed by atoms with E-state index in [1.807, 2.05) is 22.7 Å². The van der Waals surface area contributed by atoms with Crippen LogP contribution in [-0.2, 0) is 4.74 Å². The summed E-state index contributed by atoms with van der Waals surface area (Å²) < 4.78 is 7.89. The van der Waals surface area contributed by atoms with Gasteiger partial charge in [-0.1, -0.05) is 0 Å². The highest BCUT2D eigenvalue weighted by Crippen LogP contribution is 2.37. The number of hydrogen-bond acceptors (Lipinski definition) is 4. The number of likely N-dealkylation sites (N-methyl/N-ethyl adjacent to an activating group) is 1. The van der Waals surface area contributed by atoms with Crippen molar-refractivity contribution in [2.75, 3.05) is 32.2 Å². The molecule has 0 aliphatic carbocycles. The van der Waals surface area contributed by atoms with Crippen molar-refractivity contribution < 1.29 is 4.74 Å². The maximum Gasteiger partial charge on any atom is 0.0919 e. The quantitative estimate of drug-likeness (QED) is 0.701. The van der Waals surface area contributed by atoms with Gasteiger partial charge in [0.25, 0.3) is 0 Å². The Morgan fingerprint density at radius 2 is 1.74 bits per heavy atom. The first kappa shape index (κ1) is 12.9. The van der Waals surface area contributed by atoms with Crippen LogP contribution in [0.2, 0.25) is 0 Å². The van der Waals surface area contributed by atoms with Crippen molar-refractivity contribution in [1.82, 2.24) is 0 Å². The smallest absolute Gasteiger partial charge is 0.0919 e. The Bertz CT molecular complexity index is 662. The number of hydrogen-bond donors (Lipinski definition) is 0. The Kier molecular flexibility index (Phi) is 3.48. The number of rotatable bonds is 4. The second-order valence-corrected chi connectivity index (χ2v) is 7.13. The predicted octanol–water partition coefficient (Wildman–Crippen LogP) is 4.51. The lowest BCUT2D eigenvalue weighted by molar-refractivity contribution is 0.206. The monoisotopic (exact) mass is 291 g/mol. The van der Waals surface area contributed by atoms with Crippen LogP contribution in [0, 0.1) is 6.92 Å². The number of benzene rings is 1. The Hall–Kier alpha value is -1.10. The third-order valence-corrected chi connectivity index (χ3v) is 5.50. The number of fused-ring (bicyclic) bond motifs is 2. The molecule has 0 saturated carbocycles. The Labute approximate surface area is 121 Å². The molecule has 4 heteroatoms. The lowest BCUT2D eigenvalue weighted by Gasteiger charge is -2.15. The fourth-order valence-electron chi connectivity index (χ4n) is 2.22. The number of methoxy groups -OCH3 is 1. The van der Waals surface area contributed by atoms with Crippen LogP contribution in [0.5, 0.6) is 0 Å². The Morgan fingerprint density at radius 3 is 2.47 bits per heavy atom. The van der Waals surface area contributed by atoms with Crippen molar-refractivity contribution in [3.63, 3.8) is 0 Å². The topological polar surface area (TPSA) is 12.5 Å². The molecule has 3 aromatic rings. The van der Waals surface area contributed by atoms with E-state index in [2.05, 4.69) is 43.1 Å². The molecule has 2 heterocycles. The zero-order chi connectivity index (χ0) is 13.4. The Morgan fingerprint density at radius 1 is 1.05 bits per heavy atom. The number of ether oxygens (including phenoxy) is 1. The standard InChI is InChI=1S/C15H17NOS2/c1-10-6-11-7-14-12(8-13(11)18-10)9-15(19-14)16(2)4-5-17-3/h6-9H,4-5H2,1-3H3. The average Bonchev–Trinajstić information content (AvgIpc) is 2.93. The van der Waals surface area contributed by atoms with E-state index in [0.29, 0.717) is 0 Å². The van der Waals surface area contributed by atoms with Crippen molar-refractivity contribution in [3.05, 3.63) is 29.1 Å². The molecule has 2 aromatic heterocycles. The molecular weight excluding hydrogens is 274 g/mol. The first-order valence-corrected chi connectivity index (χ1v) is 7.94. The summed E-state index contributed by atoms with van der Waals surface area (Å²) in [4.78, 5) is 3.64. The van der Waals surface area contributed by atoms with Gasteiger partial charge in [-0.3, -0.25) is 0 Å². The minimum atomic E-state index is 0.763. The fraction of sp³-hybridized carbons (Fsp3) is 0.333. The maximum absolute atomic E-state index is 5.14. The first-order valence-electron chi connectivity index (χ1n) is 6.31. The van der Waals surface area contributed by atoms with E-state index < -0.39 is 0 Å². The van der Waals surface area contributed by atoms with Gasteiger partial charge in [-0.25, -0.2) is 0 Å². The third-order valence-electron chi connectivity index (χ3n) is 3.27. The lowest BCUT2D eigenvalue weighted by atomic mass is 10.2. The van der Waals surface area contributed by atoms with Gasteiger partial charge in [-0.2, -0.15) is 0 Å². The van der Waals surface area contributed by atoms with E-state index >= 15 is 0 Å². The number of aryl methyl sites for hydroxylation is 1. The second kappa shape index (κ2) is 5.12. The van der Waals surface area contributed by atoms with Crippen LogP contribution in [0.1, 0.15) is 4.88 Å². The van der Waals surface area contributed by atoms with Crippen LogP contribution >= 0.6 is 22.7 Å². The summed E-state index contributed by atoms with van der Waals surface area (Å²) >= 11 is 3.72. The molecule has 0 amide bonds. The summed E-state index contributed by atoms with van der Waals surface area (Å²) in [5.74, 6) is 0.